The molecule has 0 saturated heterocycles. The van der Waals surface area contributed by atoms with Gasteiger partial charge in [0, 0.05) is 6.42 Å². The smallest absolute Gasteiger partial charge is 0.311 e. The largest absolute Gasteiger partial charge is 0.469 e. The van der Waals surface area contributed by atoms with Gasteiger partial charge in [0.05, 0.1) is 18.6 Å². The molecular formula is C22H35NO4. The van der Waals surface area contributed by atoms with Gasteiger partial charge in [-0.3, -0.25) is 9.59 Å². The third-order valence-electron chi connectivity index (χ3n) is 9.57. The van der Waals surface area contributed by atoms with E-state index in [-0.39, 0.29) is 28.6 Å². The van der Waals surface area contributed by atoms with Gasteiger partial charge < -0.3 is 15.6 Å². The van der Waals surface area contributed by atoms with Crippen LogP contribution in [0.15, 0.2) is 0 Å². The number of hydrogen-bond acceptors (Lipinski definition) is 4. The van der Waals surface area contributed by atoms with Crippen LogP contribution in [0.25, 0.3) is 0 Å². The summed E-state index contributed by atoms with van der Waals surface area (Å²) in [6.45, 7) is 4.48. The summed E-state index contributed by atoms with van der Waals surface area (Å²) in [5.41, 5.74) is 5.03. The molecule has 152 valence electrons. The molecule has 0 aromatic heterocycles. The number of methoxy groups -OCH3 is 1. The molecule has 5 fully saturated rings. The van der Waals surface area contributed by atoms with E-state index in [0.717, 1.165) is 51.4 Å². The highest BCUT2D eigenvalue weighted by molar-refractivity contribution is 5.77. The highest BCUT2D eigenvalue weighted by atomic mass is 16.5. The topological polar surface area (TPSA) is 89.6 Å². The molecule has 1 spiro atoms. The molecule has 8 atom stereocenters. The first-order valence-electron chi connectivity index (χ1n) is 10.7. The predicted octanol–water partition coefficient (Wildman–Crippen LogP) is 3.03. The van der Waals surface area contributed by atoms with Gasteiger partial charge in [0.15, 0.2) is 0 Å². The molecule has 5 rings (SSSR count). The number of fused-ring (bicyclic) bond motifs is 3. The number of carbonyl (C=O) groups excluding carboxylic acids is 2. The molecular weight excluding hydrogens is 342 g/mol. The average Bonchev–Trinajstić information content (AvgIpc) is 2.63. The fourth-order valence-corrected chi connectivity index (χ4v) is 8.46. The lowest BCUT2D eigenvalue weighted by Gasteiger charge is -2.70. The first-order chi connectivity index (χ1) is 12.7. The van der Waals surface area contributed by atoms with Gasteiger partial charge >= 0.3 is 5.97 Å². The first-order valence-corrected chi connectivity index (χ1v) is 10.7. The Kier molecular flexibility index (Phi) is 4.41. The summed E-state index contributed by atoms with van der Waals surface area (Å²) in [4.78, 5) is 24.3. The number of aliphatic hydroxyl groups excluding tert-OH is 1. The molecule has 1 amide bonds. The summed E-state index contributed by atoms with van der Waals surface area (Å²) in [6, 6.07) is 0. The van der Waals surface area contributed by atoms with E-state index in [9.17, 15) is 14.7 Å². The monoisotopic (exact) mass is 377 g/mol. The fourth-order valence-electron chi connectivity index (χ4n) is 8.46. The quantitative estimate of drug-likeness (QED) is 0.740. The minimum absolute atomic E-state index is 0.0169. The minimum Gasteiger partial charge on any atom is -0.469 e. The van der Waals surface area contributed by atoms with E-state index in [1.807, 2.05) is 0 Å². The van der Waals surface area contributed by atoms with Gasteiger partial charge in [-0.15, -0.1) is 0 Å². The van der Waals surface area contributed by atoms with Crippen molar-refractivity contribution in [3.8, 4) is 0 Å². The van der Waals surface area contributed by atoms with Crippen molar-refractivity contribution in [2.75, 3.05) is 7.11 Å². The zero-order chi connectivity index (χ0) is 19.6. The van der Waals surface area contributed by atoms with Crippen LogP contribution in [0.2, 0.25) is 0 Å². The number of amides is 1. The Morgan fingerprint density at radius 3 is 2.48 bits per heavy atom. The summed E-state index contributed by atoms with van der Waals surface area (Å²) in [6.07, 6.45) is 8.06. The molecule has 0 aromatic rings. The second-order valence-corrected chi connectivity index (χ2v) is 10.5. The highest BCUT2D eigenvalue weighted by Crippen LogP contribution is 2.72. The molecule has 5 aliphatic rings. The van der Waals surface area contributed by atoms with Crippen LogP contribution < -0.4 is 5.73 Å². The maximum Gasteiger partial charge on any atom is 0.311 e. The second-order valence-electron chi connectivity index (χ2n) is 10.5. The summed E-state index contributed by atoms with van der Waals surface area (Å²) in [7, 11) is 1.50. The molecule has 0 unspecified atom stereocenters. The SMILES string of the molecule is COC(=O)[C@]1(C)CCC[C@@]2(C)[C@@H]3C[C@@H]4CC[C@@]3(CC[C@@H]21)[C@H](O)[C@H]4CC(N)=O. The first kappa shape index (κ1) is 19.2. The molecule has 5 nitrogen and oxygen atoms in total. The Labute approximate surface area is 162 Å². The van der Waals surface area contributed by atoms with Crippen LogP contribution in [0.4, 0.5) is 0 Å². The van der Waals surface area contributed by atoms with Crippen molar-refractivity contribution in [2.45, 2.75) is 77.7 Å². The van der Waals surface area contributed by atoms with Gasteiger partial charge in [0.1, 0.15) is 0 Å². The lowest BCUT2D eigenvalue weighted by Crippen LogP contribution is -2.67. The third-order valence-corrected chi connectivity index (χ3v) is 9.57. The van der Waals surface area contributed by atoms with Crippen LogP contribution in [-0.2, 0) is 14.3 Å². The molecule has 0 aromatic carbocycles. The number of primary amides is 1. The number of rotatable bonds is 3. The highest BCUT2D eigenvalue weighted by Gasteiger charge is 2.68. The Bertz CT molecular complexity index is 650. The van der Waals surface area contributed by atoms with E-state index in [4.69, 9.17) is 10.5 Å². The van der Waals surface area contributed by atoms with E-state index in [1.54, 1.807) is 0 Å². The lowest BCUT2D eigenvalue weighted by atomic mass is 9.35. The molecule has 5 saturated carbocycles. The maximum atomic E-state index is 12.7. The standard InChI is InChI=1S/C22H35NO4/c1-20-7-4-8-21(2,19(26)27-3)15(20)6-10-22-9-5-13(11-16(20)22)14(18(22)25)12-17(23)24/h13-16,18,25H,4-12H2,1-3H3,(H2,23,24)/t13-,14-,15-,16-,18+,20+,21+,22-/m0/s1. The number of carbonyl (C=O) groups is 2. The van der Waals surface area contributed by atoms with Gasteiger partial charge in [-0.05, 0) is 86.4 Å². The number of hydrogen-bond donors (Lipinski definition) is 2. The number of aliphatic hydroxyl groups is 1. The summed E-state index contributed by atoms with van der Waals surface area (Å²) < 4.78 is 5.23. The summed E-state index contributed by atoms with van der Waals surface area (Å²) >= 11 is 0. The van der Waals surface area contributed by atoms with Crippen molar-refractivity contribution in [1.82, 2.24) is 0 Å². The lowest BCUT2D eigenvalue weighted by molar-refractivity contribution is -0.245. The van der Waals surface area contributed by atoms with Gasteiger partial charge in [0.2, 0.25) is 5.91 Å². The number of esters is 1. The van der Waals surface area contributed by atoms with Crippen LogP contribution in [0.5, 0.6) is 0 Å². The van der Waals surface area contributed by atoms with E-state index in [0.29, 0.717) is 24.2 Å². The van der Waals surface area contributed by atoms with Crippen molar-refractivity contribution in [3.63, 3.8) is 0 Å². The van der Waals surface area contributed by atoms with Crippen LogP contribution in [0, 0.1) is 39.9 Å². The van der Waals surface area contributed by atoms with Gasteiger partial charge in [-0.25, -0.2) is 0 Å². The Hall–Kier alpha value is -1.10. The van der Waals surface area contributed by atoms with Crippen molar-refractivity contribution < 1.29 is 19.4 Å². The average molecular weight is 378 g/mol. The van der Waals surface area contributed by atoms with Crippen LogP contribution in [0.3, 0.4) is 0 Å². The zero-order valence-corrected chi connectivity index (χ0v) is 17.0. The normalized spacial score (nSPS) is 51.2. The van der Waals surface area contributed by atoms with E-state index >= 15 is 0 Å². The van der Waals surface area contributed by atoms with Crippen LogP contribution in [0.1, 0.15) is 71.6 Å². The van der Waals surface area contributed by atoms with E-state index in [1.165, 1.54) is 7.11 Å². The van der Waals surface area contributed by atoms with Crippen LogP contribution >= 0.6 is 0 Å². The molecule has 2 bridgehead atoms. The van der Waals surface area contributed by atoms with Gasteiger partial charge in [-0.2, -0.15) is 0 Å². The van der Waals surface area contributed by atoms with Crippen molar-refractivity contribution in [2.24, 2.45) is 45.7 Å². The Morgan fingerprint density at radius 2 is 1.81 bits per heavy atom. The summed E-state index contributed by atoms with van der Waals surface area (Å²) in [5.74, 6) is 0.760. The number of nitrogens with two attached hydrogens (primary N) is 1. The Balaban J connectivity index is 1.70. The second kappa shape index (κ2) is 6.20. The van der Waals surface area contributed by atoms with Crippen molar-refractivity contribution >= 4 is 11.9 Å². The molecule has 0 radical (unpaired) electrons. The fraction of sp³-hybridized carbons (Fsp3) is 0.909. The minimum atomic E-state index is -0.438. The molecule has 0 aliphatic heterocycles. The predicted molar refractivity (Wildman–Crippen MR) is 101 cm³/mol. The van der Waals surface area contributed by atoms with Gasteiger partial charge in [0.25, 0.3) is 0 Å². The van der Waals surface area contributed by atoms with E-state index < -0.39 is 11.5 Å². The third kappa shape index (κ3) is 2.46. The maximum absolute atomic E-state index is 12.7. The molecule has 3 N–H and O–H groups in total. The van der Waals surface area contributed by atoms with Gasteiger partial charge in [-0.1, -0.05) is 13.3 Å². The molecule has 0 heterocycles. The molecule has 5 heteroatoms. The Morgan fingerprint density at radius 1 is 1.11 bits per heavy atom. The number of ether oxygens (including phenoxy) is 1. The zero-order valence-electron chi connectivity index (χ0n) is 17.0. The van der Waals surface area contributed by atoms with Crippen molar-refractivity contribution in [1.29, 1.82) is 0 Å². The van der Waals surface area contributed by atoms with Crippen molar-refractivity contribution in [3.05, 3.63) is 0 Å². The van der Waals surface area contributed by atoms with Crippen LogP contribution in [-0.4, -0.2) is 30.2 Å². The van der Waals surface area contributed by atoms with E-state index in [2.05, 4.69) is 13.8 Å². The molecule has 27 heavy (non-hydrogen) atoms. The molecule has 5 aliphatic carbocycles. The summed E-state index contributed by atoms with van der Waals surface area (Å²) in [5, 5.41) is 11.4.